The fourth-order valence-electron chi connectivity index (χ4n) is 2.41. The van der Waals surface area contributed by atoms with Gasteiger partial charge in [-0.15, -0.1) is 0 Å². The van der Waals surface area contributed by atoms with Crippen LogP contribution in [-0.2, 0) is 6.42 Å². The molecule has 1 aromatic heterocycles. The molecule has 0 atom stereocenters. The summed E-state index contributed by atoms with van der Waals surface area (Å²) < 4.78 is 5.45. The molecule has 0 spiro atoms. The molecule has 0 radical (unpaired) electrons. The molecule has 1 N–H and O–H groups in total. The maximum Gasteiger partial charge on any atom is 0.137 e. The normalized spacial score (nSPS) is 10.7. The Balaban J connectivity index is 1.65. The Kier molecular flexibility index (Phi) is 4.93. The number of anilines is 1. The van der Waals surface area contributed by atoms with Gasteiger partial charge in [-0.05, 0) is 49.2 Å². The van der Waals surface area contributed by atoms with Crippen LogP contribution in [0.25, 0.3) is 10.9 Å². The molecule has 3 rings (SSSR count). The van der Waals surface area contributed by atoms with Crippen molar-refractivity contribution in [3.05, 3.63) is 59.4 Å². The summed E-state index contributed by atoms with van der Waals surface area (Å²) in [6, 6.07) is 13.8. The average molecular weight is 328 g/mol. The first-order valence-corrected chi connectivity index (χ1v) is 8.00. The van der Waals surface area contributed by atoms with Gasteiger partial charge in [-0.2, -0.15) is 0 Å². The molecule has 0 unspecified atom stereocenters. The molecule has 0 saturated heterocycles. The number of fused-ring (bicyclic) bond motifs is 1. The van der Waals surface area contributed by atoms with Crippen LogP contribution in [0.3, 0.4) is 0 Å². The zero-order chi connectivity index (χ0) is 16.1. The number of hydrogen-bond donors (Lipinski definition) is 1. The van der Waals surface area contributed by atoms with Gasteiger partial charge in [-0.3, -0.25) is 0 Å². The molecule has 4 nitrogen and oxygen atoms in total. The number of nitrogens with one attached hydrogen (secondary N) is 1. The Bertz CT molecular complexity index is 790. The molecule has 2 aromatic carbocycles. The monoisotopic (exact) mass is 327 g/mol. The van der Waals surface area contributed by atoms with E-state index in [9.17, 15) is 0 Å². The summed E-state index contributed by atoms with van der Waals surface area (Å²) in [5.74, 6) is 1.71. The van der Waals surface area contributed by atoms with E-state index in [1.54, 1.807) is 6.33 Å². The minimum absolute atomic E-state index is 0.682. The van der Waals surface area contributed by atoms with E-state index in [1.165, 1.54) is 5.56 Å². The first-order valence-electron chi connectivity index (χ1n) is 7.62. The number of ether oxygens (including phenoxy) is 1. The molecule has 0 aliphatic rings. The van der Waals surface area contributed by atoms with Gasteiger partial charge < -0.3 is 10.1 Å². The Morgan fingerprint density at radius 2 is 1.91 bits per heavy atom. The van der Waals surface area contributed by atoms with Gasteiger partial charge in [0.2, 0.25) is 0 Å². The largest absolute Gasteiger partial charge is 0.494 e. The van der Waals surface area contributed by atoms with Gasteiger partial charge in [0, 0.05) is 17.0 Å². The van der Waals surface area contributed by atoms with Crippen molar-refractivity contribution in [3.8, 4) is 5.75 Å². The van der Waals surface area contributed by atoms with Crippen molar-refractivity contribution in [2.75, 3.05) is 18.5 Å². The number of hydrogen-bond acceptors (Lipinski definition) is 4. The minimum atomic E-state index is 0.682. The predicted molar refractivity (Wildman–Crippen MR) is 94.4 cm³/mol. The molecule has 0 amide bonds. The second kappa shape index (κ2) is 7.29. The average Bonchev–Trinajstić information content (AvgIpc) is 2.57. The first-order chi connectivity index (χ1) is 11.3. The predicted octanol–water partition coefficient (Wildman–Crippen LogP) is 4.34. The minimum Gasteiger partial charge on any atom is -0.494 e. The highest BCUT2D eigenvalue weighted by Gasteiger charge is 2.04. The quantitative estimate of drug-likeness (QED) is 0.731. The van der Waals surface area contributed by atoms with Gasteiger partial charge in [-0.1, -0.05) is 23.7 Å². The molecule has 0 aliphatic carbocycles. The topological polar surface area (TPSA) is 47.0 Å². The summed E-state index contributed by atoms with van der Waals surface area (Å²) in [6.45, 7) is 3.45. The van der Waals surface area contributed by atoms with E-state index in [2.05, 4.69) is 27.4 Å². The lowest BCUT2D eigenvalue weighted by Crippen LogP contribution is -2.07. The van der Waals surface area contributed by atoms with E-state index in [0.717, 1.165) is 35.4 Å². The van der Waals surface area contributed by atoms with Crippen molar-refractivity contribution in [1.82, 2.24) is 9.97 Å². The number of rotatable bonds is 6. The third kappa shape index (κ3) is 3.90. The van der Waals surface area contributed by atoms with Crippen molar-refractivity contribution in [3.63, 3.8) is 0 Å². The van der Waals surface area contributed by atoms with Crippen LogP contribution in [0.5, 0.6) is 5.75 Å². The Morgan fingerprint density at radius 1 is 1.09 bits per heavy atom. The molecule has 0 bridgehead atoms. The highest BCUT2D eigenvalue weighted by molar-refractivity contribution is 6.31. The molecule has 3 aromatic rings. The molecular weight excluding hydrogens is 310 g/mol. The van der Waals surface area contributed by atoms with Gasteiger partial charge in [0.1, 0.15) is 17.9 Å². The molecule has 1 heterocycles. The van der Waals surface area contributed by atoms with Crippen molar-refractivity contribution >= 4 is 28.3 Å². The Labute approximate surface area is 140 Å². The second-order valence-electron chi connectivity index (χ2n) is 5.14. The second-order valence-corrected chi connectivity index (χ2v) is 5.57. The van der Waals surface area contributed by atoms with Gasteiger partial charge in [0.15, 0.2) is 0 Å². The highest BCUT2D eigenvalue weighted by atomic mass is 35.5. The smallest absolute Gasteiger partial charge is 0.137 e. The first kappa shape index (κ1) is 15.6. The molecule has 0 saturated carbocycles. The third-order valence-electron chi connectivity index (χ3n) is 3.54. The SMILES string of the molecule is CCOc1ccc(CCNc2ncnc3ccc(Cl)cc23)cc1. The summed E-state index contributed by atoms with van der Waals surface area (Å²) in [7, 11) is 0. The number of aromatic nitrogens is 2. The molecule has 0 fully saturated rings. The van der Waals surface area contributed by atoms with Gasteiger partial charge >= 0.3 is 0 Å². The van der Waals surface area contributed by atoms with E-state index in [0.29, 0.717) is 11.6 Å². The Morgan fingerprint density at radius 3 is 2.70 bits per heavy atom. The summed E-state index contributed by atoms with van der Waals surface area (Å²) >= 11 is 6.07. The lowest BCUT2D eigenvalue weighted by atomic mass is 10.1. The molecular formula is C18H18ClN3O. The van der Waals surface area contributed by atoms with Crippen LogP contribution in [0.4, 0.5) is 5.82 Å². The molecule has 118 valence electrons. The maximum atomic E-state index is 6.07. The van der Waals surface area contributed by atoms with Gasteiger partial charge in [-0.25, -0.2) is 9.97 Å². The van der Waals surface area contributed by atoms with Crippen LogP contribution in [-0.4, -0.2) is 23.1 Å². The van der Waals surface area contributed by atoms with E-state index in [4.69, 9.17) is 16.3 Å². The summed E-state index contributed by atoms with van der Waals surface area (Å²) in [4.78, 5) is 8.57. The van der Waals surface area contributed by atoms with Crippen LogP contribution in [0.2, 0.25) is 5.02 Å². The Hall–Kier alpha value is -2.33. The van der Waals surface area contributed by atoms with E-state index >= 15 is 0 Å². The fraction of sp³-hybridized carbons (Fsp3) is 0.222. The summed E-state index contributed by atoms with van der Waals surface area (Å²) in [5, 5.41) is 4.98. The van der Waals surface area contributed by atoms with Crippen LogP contribution < -0.4 is 10.1 Å². The summed E-state index contributed by atoms with van der Waals surface area (Å²) in [5.41, 5.74) is 2.13. The van der Waals surface area contributed by atoms with Crippen molar-refractivity contribution < 1.29 is 4.74 Å². The zero-order valence-corrected chi connectivity index (χ0v) is 13.7. The molecule has 0 aliphatic heterocycles. The molecule has 5 heteroatoms. The number of halogens is 1. The van der Waals surface area contributed by atoms with Crippen LogP contribution in [0, 0.1) is 0 Å². The van der Waals surface area contributed by atoms with E-state index < -0.39 is 0 Å². The summed E-state index contributed by atoms with van der Waals surface area (Å²) in [6.07, 6.45) is 2.47. The maximum absolute atomic E-state index is 6.07. The van der Waals surface area contributed by atoms with Crippen molar-refractivity contribution in [2.45, 2.75) is 13.3 Å². The third-order valence-corrected chi connectivity index (χ3v) is 3.77. The van der Waals surface area contributed by atoms with Crippen LogP contribution in [0.15, 0.2) is 48.8 Å². The number of benzene rings is 2. The molecule has 23 heavy (non-hydrogen) atoms. The lowest BCUT2D eigenvalue weighted by Gasteiger charge is -2.09. The standard InChI is InChI=1S/C18H18ClN3O/c1-2-23-15-6-3-13(4-7-15)9-10-20-18-16-11-14(19)5-8-17(16)21-12-22-18/h3-8,11-12H,2,9-10H2,1H3,(H,20,21,22). The van der Waals surface area contributed by atoms with Crippen LogP contribution in [0.1, 0.15) is 12.5 Å². The zero-order valence-electron chi connectivity index (χ0n) is 12.9. The van der Waals surface area contributed by atoms with E-state index in [1.807, 2.05) is 37.3 Å². The highest BCUT2D eigenvalue weighted by Crippen LogP contribution is 2.23. The van der Waals surface area contributed by atoms with Crippen molar-refractivity contribution in [1.29, 1.82) is 0 Å². The van der Waals surface area contributed by atoms with E-state index in [-0.39, 0.29) is 0 Å². The van der Waals surface area contributed by atoms with Gasteiger partial charge in [0.25, 0.3) is 0 Å². The van der Waals surface area contributed by atoms with Crippen LogP contribution >= 0.6 is 11.6 Å². The fourth-order valence-corrected chi connectivity index (χ4v) is 2.59. The van der Waals surface area contributed by atoms with Gasteiger partial charge in [0.05, 0.1) is 12.1 Å². The number of nitrogens with zero attached hydrogens (tertiary/aromatic N) is 2. The van der Waals surface area contributed by atoms with Crippen molar-refractivity contribution in [2.24, 2.45) is 0 Å². The lowest BCUT2D eigenvalue weighted by molar-refractivity contribution is 0.340.